The van der Waals surface area contributed by atoms with Gasteiger partial charge in [0.05, 0.1) is 21.5 Å². The Morgan fingerprint density at radius 3 is 2.03 bits per heavy atom. The molecular weight excluding hydrogens is 408 g/mol. The van der Waals surface area contributed by atoms with Gasteiger partial charge in [0, 0.05) is 50.7 Å². The van der Waals surface area contributed by atoms with E-state index in [0.29, 0.717) is 37.8 Å². The molecule has 1 aliphatic heterocycles. The predicted molar refractivity (Wildman–Crippen MR) is 107 cm³/mol. The van der Waals surface area contributed by atoms with E-state index in [1.54, 1.807) is 29.2 Å². The number of carbonyl (C=O) groups is 1. The van der Waals surface area contributed by atoms with Crippen LogP contribution in [0.1, 0.15) is 10.4 Å². The first-order valence-corrected chi connectivity index (χ1v) is 9.24. The number of nitro benzene ring substituents is 2. The number of nitrogens with zero attached hydrogens (tertiary/aromatic N) is 8. The second-order valence-corrected chi connectivity index (χ2v) is 6.73. The van der Waals surface area contributed by atoms with Crippen molar-refractivity contribution in [1.29, 1.82) is 0 Å². The molecule has 0 N–H and O–H groups in total. The first kappa shape index (κ1) is 19.9. The molecule has 0 spiro atoms. The average molecular weight is 424 g/mol. The lowest BCUT2D eigenvalue weighted by Crippen LogP contribution is -2.49. The van der Waals surface area contributed by atoms with E-state index in [-0.39, 0.29) is 5.56 Å². The number of hydrogen-bond acceptors (Lipinski definition) is 9. The molecule has 0 bridgehead atoms. The molecule has 3 aromatic rings. The Balaban J connectivity index is 1.44. The molecule has 4 rings (SSSR count). The summed E-state index contributed by atoms with van der Waals surface area (Å²) >= 11 is 0. The largest absolute Gasteiger partial charge is 0.352 e. The van der Waals surface area contributed by atoms with E-state index >= 15 is 0 Å². The number of rotatable bonds is 5. The van der Waals surface area contributed by atoms with Crippen molar-refractivity contribution in [2.75, 3.05) is 31.1 Å². The molecule has 2 aromatic heterocycles. The smallest absolute Gasteiger partial charge is 0.277 e. The lowest BCUT2D eigenvalue weighted by molar-refractivity contribution is -0.394. The minimum Gasteiger partial charge on any atom is -0.352 e. The maximum atomic E-state index is 12.8. The molecular formula is C18H16N8O5. The monoisotopic (exact) mass is 424 g/mol. The van der Waals surface area contributed by atoms with E-state index in [1.165, 1.54) is 4.90 Å². The third-order valence-corrected chi connectivity index (χ3v) is 4.84. The van der Waals surface area contributed by atoms with Crippen LogP contribution < -0.4 is 4.90 Å². The fourth-order valence-electron chi connectivity index (χ4n) is 3.26. The van der Waals surface area contributed by atoms with E-state index in [4.69, 9.17) is 0 Å². The fraction of sp³-hybridized carbons (Fsp3) is 0.222. The lowest BCUT2D eigenvalue weighted by atomic mass is 10.1. The van der Waals surface area contributed by atoms with Gasteiger partial charge >= 0.3 is 0 Å². The molecule has 0 atom stereocenters. The van der Waals surface area contributed by atoms with Crippen LogP contribution in [0.2, 0.25) is 0 Å². The highest BCUT2D eigenvalue weighted by molar-refractivity contribution is 5.95. The molecule has 31 heavy (non-hydrogen) atoms. The Morgan fingerprint density at radius 1 is 0.903 bits per heavy atom. The van der Waals surface area contributed by atoms with Gasteiger partial charge in [0.1, 0.15) is 0 Å². The van der Waals surface area contributed by atoms with E-state index in [0.717, 1.165) is 18.2 Å². The van der Waals surface area contributed by atoms with Gasteiger partial charge in [-0.1, -0.05) is 0 Å². The number of piperazine rings is 1. The Hall–Kier alpha value is -4.42. The second-order valence-electron chi connectivity index (χ2n) is 6.73. The summed E-state index contributed by atoms with van der Waals surface area (Å²) in [5.74, 6) is 0.732. The number of carbonyl (C=O) groups excluding carboxylic acids is 1. The number of aromatic nitrogens is 4. The zero-order valence-corrected chi connectivity index (χ0v) is 16.1. The van der Waals surface area contributed by atoms with Crippen molar-refractivity contribution >= 4 is 23.1 Å². The van der Waals surface area contributed by atoms with Crippen LogP contribution in [0.15, 0.2) is 48.8 Å². The minimum atomic E-state index is -0.757. The van der Waals surface area contributed by atoms with Gasteiger partial charge in [-0.2, -0.15) is 5.10 Å². The van der Waals surface area contributed by atoms with Crippen LogP contribution in [0.25, 0.3) is 5.82 Å². The molecule has 1 saturated heterocycles. The normalized spacial score (nSPS) is 13.8. The van der Waals surface area contributed by atoms with Crippen LogP contribution >= 0.6 is 0 Å². The fourth-order valence-corrected chi connectivity index (χ4v) is 3.26. The average Bonchev–Trinajstić information content (AvgIpc) is 3.33. The molecule has 1 fully saturated rings. The molecule has 13 heteroatoms. The molecule has 1 aliphatic rings. The summed E-state index contributed by atoms with van der Waals surface area (Å²) in [6.45, 7) is 1.60. The van der Waals surface area contributed by atoms with Gasteiger partial charge in [0.25, 0.3) is 17.3 Å². The van der Waals surface area contributed by atoms with Gasteiger partial charge in [-0.3, -0.25) is 25.0 Å². The Kier molecular flexibility index (Phi) is 5.22. The summed E-state index contributed by atoms with van der Waals surface area (Å²) in [5, 5.41) is 34.6. The van der Waals surface area contributed by atoms with Crippen LogP contribution in [0.5, 0.6) is 0 Å². The predicted octanol–water partition coefficient (Wildman–Crippen LogP) is 1.44. The zero-order chi connectivity index (χ0) is 22.0. The summed E-state index contributed by atoms with van der Waals surface area (Å²) in [4.78, 5) is 36.9. The summed E-state index contributed by atoms with van der Waals surface area (Å²) in [6, 6.07) is 8.32. The van der Waals surface area contributed by atoms with Crippen LogP contribution in [-0.4, -0.2) is 66.8 Å². The van der Waals surface area contributed by atoms with Crippen molar-refractivity contribution in [2.45, 2.75) is 0 Å². The Morgan fingerprint density at radius 2 is 1.52 bits per heavy atom. The highest BCUT2D eigenvalue weighted by Gasteiger charge is 2.26. The number of nitro groups is 2. The van der Waals surface area contributed by atoms with E-state index in [1.807, 2.05) is 11.0 Å². The van der Waals surface area contributed by atoms with Crippen molar-refractivity contribution in [1.82, 2.24) is 24.9 Å². The number of benzene rings is 1. The van der Waals surface area contributed by atoms with Crippen LogP contribution in [0.4, 0.5) is 17.2 Å². The van der Waals surface area contributed by atoms with Crippen molar-refractivity contribution in [3.05, 3.63) is 74.6 Å². The molecule has 3 heterocycles. The highest BCUT2D eigenvalue weighted by atomic mass is 16.6. The number of hydrogen-bond donors (Lipinski definition) is 0. The third-order valence-electron chi connectivity index (χ3n) is 4.84. The topological polar surface area (TPSA) is 153 Å². The van der Waals surface area contributed by atoms with Crippen molar-refractivity contribution in [3.63, 3.8) is 0 Å². The quantitative estimate of drug-likeness (QED) is 0.437. The maximum Gasteiger partial charge on any atom is 0.277 e. The first-order chi connectivity index (χ1) is 14.9. The van der Waals surface area contributed by atoms with E-state index in [2.05, 4.69) is 15.3 Å². The zero-order valence-electron chi connectivity index (χ0n) is 16.1. The Bertz CT molecular complexity index is 1090. The van der Waals surface area contributed by atoms with Gasteiger partial charge < -0.3 is 9.80 Å². The van der Waals surface area contributed by atoms with E-state index in [9.17, 15) is 25.0 Å². The number of non-ortho nitro benzene ring substituents is 2. The van der Waals surface area contributed by atoms with Crippen LogP contribution in [0.3, 0.4) is 0 Å². The molecule has 0 radical (unpaired) electrons. The molecule has 1 aromatic carbocycles. The maximum absolute atomic E-state index is 12.8. The minimum absolute atomic E-state index is 0.0854. The Labute approximate surface area is 174 Å². The molecule has 0 saturated carbocycles. The molecule has 0 aliphatic carbocycles. The highest BCUT2D eigenvalue weighted by Crippen LogP contribution is 2.24. The SMILES string of the molecule is O=C(c1cc([N+](=O)[O-])cc([N+](=O)[O-])c1)N1CCN(c2ccc(-n3cccn3)nn2)CC1. The van der Waals surface area contributed by atoms with Gasteiger partial charge in [0.15, 0.2) is 11.6 Å². The van der Waals surface area contributed by atoms with E-state index < -0.39 is 27.1 Å². The number of anilines is 1. The number of amides is 1. The summed E-state index contributed by atoms with van der Waals surface area (Å²) in [6.07, 6.45) is 3.40. The van der Waals surface area contributed by atoms with Crippen molar-refractivity contribution < 1.29 is 14.6 Å². The molecule has 158 valence electrons. The van der Waals surface area contributed by atoms with Gasteiger partial charge in [-0.15, -0.1) is 10.2 Å². The molecule has 13 nitrogen and oxygen atoms in total. The van der Waals surface area contributed by atoms with Gasteiger partial charge in [-0.25, -0.2) is 4.68 Å². The van der Waals surface area contributed by atoms with Crippen LogP contribution in [-0.2, 0) is 0 Å². The molecule has 0 unspecified atom stereocenters. The van der Waals surface area contributed by atoms with Crippen LogP contribution in [0, 0.1) is 20.2 Å². The first-order valence-electron chi connectivity index (χ1n) is 9.24. The van der Waals surface area contributed by atoms with Gasteiger partial charge in [0.2, 0.25) is 0 Å². The van der Waals surface area contributed by atoms with Crippen molar-refractivity contribution in [2.24, 2.45) is 0 Å². The standard InChI is InChI=1S/C18H16N8O5/c27-18(13-10-14(25(28)29)12-15(11-13)26(30)31)23-8-6-22(7-9-23)16-2-3-17(21-20-16)24-5-1-4-19-24/h1-5,10-12H,6-9H2. The van der Waals surface area contributed by atoms with Crippen molar-refractivity contribution in [3.8, 4) is 5.82 Å². The molecule has 1 amide bonds. The summed E-state index contributed by atoms with van der Waals surface area (Å²) < 4.78 is 1.59. The second kappa shape index (κ2) is 8.14. The third kappa shape index (κ3) is 4.14. The van der Waals surface area contributed by atoms with Gasteiger partial charge in [-0.05, 0) is 18.2 Å². The summed E-state index contributed by atoms with van der Waals surface area (Å²) in [5.41, 5.74) is -1.08. The lowest BCUT2D eigenvalue weighted by Gasteiger charge is -2.35. The summed E-state index contributed by atoms with van der Waals surface area (Å²) in [7, 11) is 0.